The van der Waals surface area contributed by atoms with Crippen molar-refractivity contribution in [2.45, 2.75) is 59.8 Å². The van der Waals surface area contributed by atoms with Gasteiger partial charge in [-0.25, -0.2) is 0 Å². The van der Waals surface area contributed by atoms with Gasteiger partial charge >= 0.3 is 0 Å². The average Bonchev–Trinajstić information content (AvgIpc) is 2.76. The molecule has 1 aliphatic heterocycles. The molecule has 1 aromatic carbocycles. The lowest BCUT2D eigenvalue weighted by Gasteiger charge is -2.09. The van der Waals surface area contributed by atoms with Crippen LogP contribution in [-0.4, -0.2) is 12.3 Å². The van der Waals surface area contributed by atoms with E-state index in [1.165, 1.54) is 58.7 Å². The summed E-state index contributed by atoms with van der Waals surface area (Å²) in [5.74, 6) is 1.20. The summed E-state index contributed by atoms with van der Waals surface area (Å²) in [6.07, 6.45) is 10.9. The summed E-state index contributed by atoms with van der Waals surface area (Å²) in [4.78, 5) is 1.51. The Morgan fingerprint density at radius 3 is 2.68 bits per heavy atom. The van der Waals surface area contributed by atoms with Gasteiger partial charge in [0.05, 0.1) is 0 Å². The molecular formula is C23H33NS. The van der Waals surface area contributed by atoms with Crippen molar-refractivity contribution in [1.29, 1.82) is 0 Å². The molecule has 0 aromatic heterocycles. The molecule has 1 N–H and O–H groups in total. The van der Waals surface area contributed by atoms with Gasteiger partial charge in [0.25, 0.3) is 0 Å². The number of allylic oxidation sites excluding steroid dienone is 5. The van der Waals surface area contributed by atoms with E-state index in [0.717, 1.165) is 13.0 Å². The number of rotatable bonds is 7. The summed E-state index contributed by atoms with van der Waals surface area (Å²) >= 11 is 2.02. The maximum absolute atomic E-state index is 3.52. The summed E-state index contributed by atoms with van der Waals surface area (Å²) in [7, 11) is 0. The molecule has 136 valence electrons. The zero-order valence-electron chi connectivity index (χ0n) is 16.3. The zero-order chi connectivity index (χ0) is 18.1. The van der Waals surface area contributed by atoms with E-state index < -0.39 is 0 Å². The smallest absolute Gasteiger partial charge is 0.0342 e. The third-order valence-electron chi connectivity index (χ3n) is 4.71. The molecule has 2 heteroatoms. The first-order valence-electron chi connectivity index (χ1n) is 9.56. The minimum atomic E-state index is 0.911. The second kappa shape index (κ2) is 10.6. The van der Waals surface area contributed by atoms with Crippen LogP contribution in [0, 0.1) is 6.92 Å². The van der Waals surface area contributed by atoms with Crippen molar-refractivity contribution in [3.8, 4) is 0 Å². The Morgan fingerprint density at radius 1 is 1.20 bits per heavy atom. The maximum atomic E-state index is 3.52. The SMILES string of the molecule is CCCC/C(C)=C/C1=C(C)SCC/C(=C/CNc2ccc(C)cc2)C1. The molecule has 1 aromatic rings. The Kier molecular flexibility index (Phi) is 8.40. The molecule has 1 nitrogen and oxygen atoms in total. The molecular weight excluding hydrogens is 322 g/mol. The Balaban J connectivity index is 1.98. The Labute approximate surface area is 158 Å². The fourth-order valence-electron chi connectivity index (χ4n) is 3.02. The van der Waals surface area contributed by atoms with Crippen LogP contribution in [0.2, 0.25) is 0 Å². The van der Waals surface area contributed by atoms with Gasteiger partial charge in [0, 0.05) is 18.0 Å². The maximum Gasteiger partial charge on any atom is 0.0342 e. The van der Waals surface area contributed by atoms with E-state index in [1.807, 2.05) is 11.8 Å². The van der Waals surface area contributed by atoms with Gasteiger partial charge in [-0.1, -0.05) is 54.3 Å². The van der Waals surface area contributed by atoms with Crippen molar-refractivity contribution in [2.75, 3.05) is 17.6 Å². The Bertz CT molecular complexity index is 635. The molecule has 1 heterocycles. The molecule has 25 heavy (non-hydrogen) atoms. The van der Waals surface area contributed by atoms with Crippen LogP contribution in [0.15, 0.2) is 58.0 Å². The van der Waals surface area contributed by atoms with Crippen LogP contribution in [0.1, 0.15) is 58.4 Å². The molecule has 0 fully saturated rings. The van der Waals surface area contributed by atoms with Crippen LogP contribution in [-0.2, 0) is 0 Å². The first-order chi connectivity index (χ1) is 12.1. The van der Waals surface area contributed by atoms with E-state index in [2.05, 4.69) is 69.4 Å². The van der Waals surface area contributed by atoms with Crippen molar-refractivity contribution in [2.24, 2.45) is 0 Å². The van der Waals surface area contributed by atoms with E-state index in [-0.39, 0.29) is 0 Å². The highest BCUT2D eigenvalue weighted by atomic mass is 32.2. The largest absolute Gasteiger partial charge is 0.382 e. The second-order valence-electron chi connectivity index (χ2n) is 7.06. The lowest BCUT2D eigenvalue weighted by Crippen LogP contribution is -2.00. The number of unbranched alkanes of at least 4 members (excludes halogenated alkanes) is 1. The predicted molar refractivity (Wildman–Crippen MR) is 115 cm³/mol. The van der Waals surface area contributed by atoms with Crippen molar-refractivity contribution >= 4 is 17.4 Å². The minimum Gasteiger partial charge on any atom is -0.382 e. The summed E-state index contributed by atoms with van der Waals surface area (Å²) < 4.78 is 0. The van der Waals surface area contributed by atoms with E-state index in [9.17, 15) is 0 Å². The molecule has 0 radical (unpaired) electrons. The first kappa shape index (κ1) is 19.9. The van der Waals surface area contributed by atoms with E-state index in [0.29, 0.717) is 0 Å². The van der Waals surface area contributed by atoms with E-state index in [4.69, 9.17) is 0 Å². The quantitative estimate of drug-likeness (QED) is 0.516. The number of hydrogen-bond donors (Lipinski definition) is 1. The minimum absolute atomic E-state index is 0.911. The lowest BCUT2D eigenvalue weighted by atomic mass is 9.99. The molecule has 0 amide bonds. The highest BCUT2D eigenvalue weighted by Crippen LogP contribution is 2.32. The fourth-order valence-corrected chi connectivity index (χ4v) is 4.01. The van der Waals surface area contributed by atoms with Crippen LogP contribution >= 0.6 is 11.8 Å². The Morgan fingerprint density at radius 2 is 1.96 bits per heavy atom. The third kappa shape index (κ3) is 7.15. The van der Waals surface area contributed by atoms with Crippen LogP contribution in [0.5, 0.6) is 0 Å². The van der Waals surface area contributed by atoms with Crippen LogP contribution < -0.4 is 5.32 Å². The fraction of sp³-hybridized carbons (Fsp3) is 0.478. The monoisotopic (exact) mass is 355 g/mol. The molecule has 0 saturated carbocycles. The number of nitrogens with one attached hydrogen (secondary N) is 1. The normalized spacial score (nSPS) is 17.8. The highest BCUT2D eigenvalue weighted by Gasteiger charge is 2.11. The van der Waals surface area contributed by atoms with Crippen LogP contribution in [0.4, 0.5) is 5.69 Å². The van der Waals surface area contributed by atoms with Crippen LogP contribution in [0.25, 0.3) is 0 Å². The number of hydrogen-bond acceptors (Lipinski definition) is 2. The first-order valence-corrected chi connectivity index (χ1v) is 10.5. The number of aryl methyl sites for hydroxylation is 1. The number of benzene rings is 1. The van der Waals surface area contributed by atoms with Gasteiger partial charge in [0.1, 0.15) is 0 Å². The van der Waals surface area contributed by atoms with E-state index >= 15 is 0 Å². The molecule has 0 bridgehead atoms. The molecule has 0 unspecified atom stereocenters. The highest BCUT2D eigenvalue weighted by molar-refractivity contribution is 8.03. The van der Waals surface area contributed by atoms with Gasteiger partial charge in [-0.3, -0.25) is 0 Å². The second-order valence-corrected chi connectivity index (χ2v) is 8.37. The van der Waals surface area contributed by atoms with Gasteiger partial charge in [-0.15, -0.1) is 11.8 Å². The third-order valence-corrected chi connectivity index (χ3v) is 5.81. The molecule has 1 aliphatic rings. The van der Waals surface area contributed by atoms with Gasteiger partial charge in [0.15, 0.2) is 0 Å². The summed E-state index contributed by atoms with van der Waals surface area (Å²) in [6.45, 7) is 9.88. The Hall–Kier alpha value is -1.41. The van der Waals surface area contributed by atoms with Gasteiger partial charge in [-0.2, -0.15) is 0 Å². The average molecular weight is 356 g/mol. The van der Waals surface area contributed by atoms with Crippen molar-refractivity contribution in [1.82, 2.24) is 0 Å². The predicted octanol–water partition coefficient (Wildman–Crippen LogP) is 7.27. The zero-order valence-corrected chi connectivity index (χ0v) is 17.1. The number of anilines is 1. The van der Waals surface area contributed by atoms with Crippen LogP contribution in [0.3, 0.4) is 0 Å². The molecule has 0 spiro atoms. The molecule has 0 atom stereocenters. The standard InChI is InChI=1S/C23H33NS/c1-5-6-7-19(3)16-22-17-21(13-15-25-20(22)4)12-14-24-23-10-8-18(2)9-11-23/h8-12,16,24H,5-7,13-15,17H2,1-4H3/b19-16+,21-12-. The molecule has 0 aliphatic carbocycles. The van der Waals surface area contributed by atoms with Crippen molar-refractivity contribution in [3.05, 3.63) is 63.6 Å². The lowest BCUT2D eigenvalue weighted by molar-refractivity contribution is 0.786. The van der Waals surface area contributed by atoms with Gasteiger partial charge < -0.3 is 5.32 Å². The van der Waals surface area contributed by atoms with Gasteiger partial charge in [0.2, 0.25) is 0 Å². The summed E-state index contributed by atoms with van der Waals surface area (Å²) in [5, 5.41) is 3.52. The van der Waals surface area contributed by atoms with Gasteiger partial charge in [-0.05, 0) is 69.1 Å². The van der Waals surface area contributed by atoms with Crippen molar-refractivity contribution < 1.29 is 0 Å². The summed E-state index contributed by atoms with van der Waals surface area (Å²) in [6, 6.07) is 8.63. The summed E-state index contributed by atoms with van der Waals surface area (Å²) in [5.41, 5.74) is 7.12. The van der Waals surface area contributed by atoms with E-state index in [1.54, 1.807) is 5.57 Å². The molecule has 2 rings (SSSR count). The number of thioether (sulfide) groups is 1. The van der Waals surface area contributed by atoms with Crippen molar-refractivity contribution in [3.63, 3.8) is 0 Å². The molecule has 0 saturated heterocycles. The topological polar surface area (TPSA) is 12.0 Å².